The minimum atomic E-state index is 0. The minimum Gasteiger partial charge on any atom is -1.00 e. The van der Waals surface area contributed by atoms with Crippen LogP contribution in [0.1, 0.15) is 25.5 Å². The molecule has 6 heteroatoms. The molecule has 0 radical (unpaired) electrons. The van der Waals surface area contributed by atoms with E-state index in [1.807, 2.05) is 0 Å². The van der Waals surface area contributed by atoms with Crippen LogP contribution in [-0.2, 0) is 0 Å². The predicted molar refractivity (Wildman–Crippen MR) is 51.0 cm³/mol. The van der Waals surface area contributed by atoms with Crippen LogP contribution in [0.25, 0.3) is 5.82 Å². The Morgan fingerprint density at radius 2 is 1.60 bits per heavy atom. The van der Waals surface area contributed by atoms with E-state index in [-0.39, 0.29) is 12.4 Å². The summed E-state index contributed by atoms with van der Waals surface area (Å²) in [6.07, 6.45) is 6.57. The highest BCUT2D eigenvalue weighted by molar-refractivity contribution is 5.27. The molecule has 15 heavy (non-hydrogen) atoms. The number of rotatable bonds is 2. The number of hydrogen-bond donors (Lipinski definition) is 0. The highest BCUT2D eigenvalue weighted by atomic mass is 35.5. The van der Waals surface area contributed by atoms with Gasteiger partial charge in [-0.1, -0.05) is 13.8 Å². The maximum absolute atomic E-state index is 4.27. The highest BCUT2D eigenvalue weighted by Gasteiger charge is 2.11. The third kappa shape index (κ3) is 2.30. The van der Waals surface area contributed by atoms with Gasteiger partial charge in [0.1, 0.15) is 0 Å². The molecule has 0 spiro atoms. The molecule has 0 aromatic carbocycles. The Bertz CT molecular complexity index is 412. The van der Waals surface area contributed by atoms with Crippen LogP contribution in [0.3, 0.4) is 0 Å². The Labute approximate surface area is 94.0 Å². The maximum atomic E-state index is 4.27. The van der Waals surface area contributed by atoms with Crippen LogP contribution in [0.4, 0.5) is 0 Å². The van der Waals surface area contributed by atoms with Crippen molar-refractivity contribution in [3.63, 3.8) is 0 Å². The molecule has 0 fully saturated rings. The number of nitrogens with zero attached hydrogens (tertiary/aromatic N) is 5. The molecule has 0 aliphatic carbocycles. The molecule has 0 N–H and O–H groups in total. The van der Waals surface area contributed by atoms with Gasteiger partial charge >= 0.3 is 0 Å². The molecule has 2 aromatic heterocycles. The van der Waals surface area contributed by atoms with E-state index in [9.17, 15) is 0 Å². The van der Waals surface area contributed by atoms with Gasteiger partial charge in [0.15, 0.2) is 5.82 Å². The largest absolute Gasteiger partial charge is 1.00 e. The van der Waals surface area contributed by atoms with E-state index in [1.54, 1.807) is 24.8 Å². The van der Waals surface area contributed by atoms with Crippen molar-refractivity contribution in [1.82, 2.24) is 25.0 Å². The molecule has 0 unspecified atom stereocenters. The molecule has 0 saturated carbocycles. The van der Waals surface area contributed by atoms with Gasteiger partial charge in [0, 0.05) is 12.4 Å². The Morgan fingerprint density at radius 1 is 1.00 bits per heavy atom. The van der Waals surface area contributed by atoms with Crippen LogP contribution >= 0.6 is 0 Å². The summed E-state index contributed by atoms with van der Waals surface area (Å²) >= 11 is 0. The monoisotopic (exact) mass is 224 g/mol. The van der Waals surface area contributed by atoms with E-state index in [1.165, 1.54) is 4.80 Å². The zero-order chi connectivity index (χ0) is 9.97. The molecule has 2 heterocycles. The van der Waals surface area contributed by atoms with Crippen molar-refractivity contribution in [1.29, 1.82) is 0 Å². The van der Waals surface area contributed by atoms with Gasteiger partial charge in [0.2, 0.25) is 0 Å². The fourth-order valence-corrected chi connectivity index (χ4v) is 1.23. The summed E-state index contributed by atoms with van der Waals surface area (Å²) in [5, 5.41) is 8.07. The maximum Gasteiger partial charge on any atom is 0.196 e. The van der Waals surface area contributed by atoms with Gasteiger partial charge in [0.05, 0.1) is 18.1 Å². The Hall–Kier alpha value is -1.49. The van der Waals surface area contributed by atoms with Crippen molar-refractivity contribution in [2.24, 2.45) is 0 Å². The topological polar surface area (TPSA) is 56.5 Å². The Kier molecular flexibility index (Phi) is 3.74. The van der Waals surface area contributed by atoms with Gasteiger partial charge in [-0.25, -0.2) is 4.98 Å². The lowest BCUT2D eigenvalue weighted by molar-refractivity contribution is -0.00000327. The molecule has 80 valence electrons. The van der Waals surface area contributed by atoms with Crippen LogP contribution in [0, 0.1) is 0 Å². The molecule has 5 nitrogen and oxygen atoms in total. The first-order chi connectivity index (χ1) is 6.79. The molecular formula is C9H11ClN5-. The SMILES string of the molecule is CC(C)c1nccnc1-n1nccn1.[Cl-]. The Balaban J connectivity index is 0.00000112. The fraction of sp³-hybridized carbons (Fsp3) is 0.333. The standard InChI is InChI=1S/C9H11N5.ClH/c1-7(2)8-9(11-4-3-10-8)14-12-5-6-13-14;/h3-7H,1-2H3;1H/p-1. The molecule has 2 aromatic rings. The van der Waals surface area contributed by atoms with Gasteiger partial charge in [-0.3, -0.25) is 4.98 Å². The Morgan fingerprint density at radius 3 is 2.20 bits per heavy atom. The molecule has 0 aliphatic rings. The number of halogens is 1. The van der Waals surface area contributed by atoms with E-state index in [0.717, 1.165) is 5.69 Å². The van der Waals surface area contributed by atoms with E-state index in [2.05, 4.69) is 34.0 Å². The van der Waals surface area contributed by atoms with E-state index < -0.39 is 0 Å². The highest BCUT2D eigenvalue weighted by Crippen LogP contribution is 2.16. The average Bonchev–Trinajstić information content (AvgIpc) is 2.70. The van der Waals surface area contributed by atoms with E-state index in [0.29, 0.717) is 11.7 Å². The smallest absolute Gasteiger partial charge is 0.196 e. The lowest BCUT2D eigenvalue weighted by Gasteiger charge is -2.07. The first-order valence-electron chi connectivity index (χ1n) is 4.46. The second-order valence-corrected chi connectivity index (χ2v) is 3.24. The molecule has 0 amide bonds. The van der Waals surface area contributed by atoms with Crippen LogP contribution in [-0.4, -0.2) is 25.0 Å². The summed E-state index contributed by atoms with van der Waals surface area (Å²) in [7, 11) is 0. The first-order valence-corrected chi connectivity index (χ1v) is 4.46. The van der Waals surface area contributed by atoms with Crippen LogP contribution in [0.2, 0.25) is 0 Å². The fourth-order valence-electron chi connectivity index (χ4n) is 1.23. The summed E-state index contributed by atoms with van der Waals surface area (Å²) in [6, 6.07) is 0. The van der Waals surface area contributed by atoms with Crippen molar-refractivity contribution in [2.45, 2.75) is 19.8 Å². The predicted octanol–water partition coefficient (Wildman–Crippen LogP) is -1.82. The molecule has 2 rings (SSSR count). The molecule has 0 saturated heterocycles. The number of hydrogen-bond acceptors (Lipinski definition) is 4. The third-order valence-corrected chi connectivity index (χ3v) is 1.86. The molecule has 0 bridgehead atoms. The van der Waals surface area contributed by atoms with Gasteiger partial charge in [0.25, 0.3) is 0 Å². The second-order valence-electron chi connectivity index (χ2n) is 3.24. The van der Waals surface area contributed by atoms with Gasteiger partial charge in [-0.2, -0.15) is 10.2 Å². The molecule has 0 atom stereocenters. The first kappa shape index (κ1) is 11.6. The second kappa shape index (κ2) is 4.84. The average molecular weight is 225 g/mol. The zero-order valence-corrected chi connectivity index (χ0v) is 9.26. The summed E-state index contributed by atoms with van der Waals surface area (Å²) in [5.41, 5.74) is 0.906. The molecule has 0 aliphatic heterocycles. The molecular weight excluding hydrogens is 214 g/mol. The quantitative estimate of drug-likeness (QED) is 0.603. The third-order valence-electron chi connectivity index (χ3n) is 1.86. The van der Waals surface area contributed by atoms with Crippen LogP contribution in [0.15, 0.2) is 24.8 Å². The summed E-state index contributed by atoms with van der Waals surface area (Å²) in [6.45, 7) is 4.13. The lowest BCUT2D eigenvalue weighted by Crippen LogP contribution is -3.00. The van der Waals surface area contributed by atoms with Crippen LogP contribution < -0.4 is 12.4 Å². The summed E-state index contributed by atoms with van der Waals surface area (Å²) in [4.78, 5) is 9.98. The number of aromatic nitrogens is 5. The summed E-state index contributed by atoms with van der Waals surface area (Å²) in [5.74, 6) is 1.01. The van der Waals surface area contributed by atoms with Gasteiger partial charge in [-0.15, -0.1) is 4.80 Å². The van der Waals surface area contributed by atoms with Crippen molar-refractivity contribution in [3.8, 4) is 5.82 Å². The van der Waals surface area contributed by atoms with Crippen molar-refractivity contribution < 1.29 is 12.4 Å². The normalized spacial score (nSPS) is 10.1. The lowest BCUT2D eigenvalue weighted by atomic mass is 10.1. The van der Waals surface area contributed by atoms with Crippen molar-refractivity contribution in [3.05, 3.63) is 30.5 Å². The zero-order valence-electron chi connectivity index (χ0n) is 8.50. The van der Waals surface area contributed by atoms with Gasteiger partial charge in [-0.05, 0) is 5.92 Å². The van der Waals surface area contributed by atoms with E-state index >= 15 is 0 Å². The van der Waals surface area contributed by atoms with Crippen molar-refractivity contribution in [2.75, 3.05) is 0 Å². The van der Waals surface area contributed by atoms with E-state index in [4.69, 9.17) is 0 Å². The van der Waals surface area contributed by atoms with Crippen LogP contribution in [0.5, 0.6) is 0 Å². The van der Waals surface area contributed by atoms with Crippen molar-refractivity contribution >= 4 is 0 Å². The minimum absolute atomic E-state index is 0. The summed E-state index contributed by atoms with van der Waals surface area (Å²) < 4.78 is 0. The van der Waals surface area contributed by atoms with Gasteiger partial charge < -0.3 is 12.4 Å².